The summed E-state index contributed by atoms with van der Waals surface area (Å²) in [6.07, 6.45) is 4.15. The van der Waals surface area contributed by atoms with E-state index in [9.17, 15) is 20.4 Å². The third-order valence-electron chi connectivity index (χ3n) is 4.70. The minimum Gasteiger partial charge on any atom is -0.507 e. The second-order valence-electron chi connectivity index (χ2n) is 6.74. The zero-order valence-electron chi connectivity index (χ0n) is 15.8. The van der Waals surface area contributed by atoms with Crippen LogP contribution in [0.2, 0.25) is 0 Å². The number of nitrogens with zero attached hydrogens (tertiary/aromatic N) is 2. The molecule has 1 aromatic rings. The predicted molar refractivity (Wildman–Crippen MR) is 102 cm³/mol. The van der Waals surface area contributed by atoms with Gasteiger partial charge in [-0.3, -0.25) is 0 Å². The first-order valence-corrected chi connectivity index (χ1v) is 9.20. The molecule has 0 fully saturated rings. The zero-order valence-corrected chi connectivity index (χ0v) is 15.8. The van der Waals surface area contributed by atoms with Gasteiger partial charge in [0, 0.05) is 12.8 Å². The van der Waals surface area contributed by atoms with Gasteiger partial charge in [0.1, 0.15) is 5.76 Å². The van der Waals surface area contributed by atoms with Crippen molar-refractivity contribution in [2.24, 2.45) is 5.41 Å². The second kappa shape index (κ2) is 9.05. The summed E-state index contributed by atoms with van der Waals surface area (Å²) < 4.78 is 5.20. The maximum atomic E-state index is 12.4. The minimum absolute atomic E-state index is 0.00289. The van der Waals surface area contributed by atoms with Crippen LogP contribution < -0.4 is 0 Å². The Morgan fingerprint density at radius 2 is 1.89 bits per heavy atom. The second-order valence-corrected chi connectivity index (χ2v) is 6.74. The van der Waals surface area contributed by atoms with E-state index in [4.69, 9.17) is 4.74 Å². The van der Waals surface area contributed by atoms with Crippen LogP contribution in [0.5, 0.6) is 0 Å². The van der Waals surface area contributed by atoms with Crippen LogP contribution in [0.1, 0.15) is 50.7 Å². The van der Waals surface area contributed by atoms with Gasteiger partial charge < -0.3 is 9.84 Å². The van der Waals surface area contributed by atoms with Gasteiger partial charge in [0.05, 0.1) is 24.3 Å². The van der Waals surface area contributed by atoms with Gasteiger partial charge in [-0.15, -0.1) is 0 Å². The van der Waals surface area contributed by atoms with Crippen LogP contribution in [0.3, 0.4) is 0 Å². The molecule has 0 bridgehead atoms. The highest BCUT2D eigenvalue weighted by Crippen LogP contribution is 2.42. The number of aryl methyl sites for hydroxylation is 1. The smallest absolute Gasteiger partial charge is 0.337 e. The Bertz CT molecular complexity index is 822. The van der Waals surface area contributed by atoms with Crippen molar-refractivity contribution in [2.75, 3.05) is 6.61 Å². The van der Waals surface area contributed by atoms with Gasteiger partial charge in [-0.25, -0.2) is 4.79 Å². The van der Waals surface area contributed by atoms with Gasteiger partial charge in [0.25, 0.3) is 0 Å². The molecule has 0 spiro atoms. The predicted octanol–water partition coefficient (Wildman–Crippen LogP) is 4.62. The van der Waals surface area contributed by atoms with E-state index >= 15 is 0 Å². The number of rotatable bonds is 6. The summed E-state index contributed by atoms with van der Waals surface area (Å²) in [5.74, 6) is -0.847. The SMILES string of the molecule is CCCCOC(=O)C1=C(O)/C(=C/c2ccc(CC)cc2)CC(C#N)(C#N)C1. The average Bonchev–Trinajstić information content (AvgIpc) is 2.70. The molecule has 1 aliphatic rings. The van der Waals surface area contributed by atoms with Crippen molar-refractivity contribution in [3.05, 3.63) is 52.3 Å². The molecule has 0 aromatic heterocycles. The fourth-order valence-corrected chi connectivity index (χ4v) is 2.97. The zero-order chi connectivity index (χ0) is 19.9. The fourth-order valence-electron chi connectivity index (χ4n) is 2.97. The molecule has 0 unspecified atom stereocenters. The van der Waals surface area contributed by atoms with E-state index in [1.165, 1.54) is 5.56 Å². The Morgan fingerprint density at radius 3 is 2.44 bits per heavy atom. The van der Waals surface area contributed by atoms with E-state index in [-0.39, 0.29) is 30.8 Å². The lowest BCUT2D eigenvalue weighted by atomic mass is 9.73. The maximum absolute atomic E-state index is 12.4. The largest absolute Gasteiger partial charge is 0.507 e. The van der Waals surface area contributed by atoms with Gasteiger partial charge in [-0.1, -0.05) is 44.5 Å². The van der Waals surface area contributed by atoms with Crippen LogP contribution in [0.15, 0.2) is 41.2 Å². The average molecular weight is 364 g/mol. The molecule has 0 aliphatic heterocycles. The Hall–Kier alpha value is -3.05. The first kappa shape index (κ1) is 20.3. The highest BCUT2D eigenvalue weighted by Gasteiger charge is 2.41. The van der Waals surface area contributed by atoms with Crippen molar-refractivity contribution in [3.63, 3.8) is 0 Å². The lowest BCUT2D eigenvalue weighted by molar-refractivity contribution is -0.139. The number of hydrogen-bond acceptors (Lipinski definition) is 5. The molecule has 5 heteroatoms. The number of ether oxygens (including phenoxy) is 1. The minimum atomic E-state index is -1.39. The highest BCUT2D eigenvalue weighted by molar-refractivity contribution is 5.91. The number of unbranched alkanes of at least 4 members (excludes halogenated alkanes) is 1. The first-order chi connectivity index (χ1) is 13.0. The van der Waals surface area contributed by atoms with Crippen LogP contribution in [-0.4, -0.2) is 17.7 Å². The van der Waals surface area contributed by atoms with Crippen molar-refractivity contribution in [2.45, 2.75) is 46.0 Å². The first-order valence-electron chi connectivity index (χ1n) is 9.20. The number of carbonyl (C=O) groups excluding carboxylic acids is 1. The van der Waals surface area contributed by atoms with Crippen LogP contribution in [0.25, 0.3) is 6.08 Å². The van der Waals surface area contributed by atoms with Crippen molar-refractivity contribution >= 4 is 12.0 Å². The van der Waals surface area contributed by atoms with Gasteiger partial charge in [0.2, 0.25) is 0 Å². The molecule has 1 N–H and O–H groups in total. The molecule has 1 aromatic carbocycles. The molecule has 0 heterocycles. The van der Waals surface area contributed by atoms with E-state index in [0.29, 0.717) is 12.0 Å². The maximum Gasteiger partial charge on any atom is 0.337 e. The summed E-state index contributed by atoms with van der Waals surface area (Å²) in [6, 6.07) is 11.8. The number of benzene rings is 1. The summed E-state index contributed by atoms with van der Waals surface area (Å²) in [5, 5.41) is 29.7. The lowest BCUT2D eigenvalue weighted by Crippen LogP contribution is -2.28. The van der Waals surface area contributed by atoms with E-state index in [0.717, 1.165) is 18.4 Å². The number of allylic oxidation sites excluding steroid dienone is 1. The van der Waals surface area contributed by atoms with E-state index in [1.54, 1.807) is 6.08 Å². The van der Waals surface area contributed by atoms with E-state index < -0.39 is 11.4 Å². The number of aliphatic hydroxyl groups excluding tert-OH is 1. The van der Waals surface area contributed by atoms with Gasteiger partial charge >= 0.3 is 5.97 Å². The number of nitriles is 2. The van der Waals surface area contributed by atoms with Crippen molar-refractivity contribution in [3.8, 4) is 12.1 Å². The van der Waals surface area contributed by atoms with Crippen LogP contribution >= 0.6 is 0 Å². The molecular formula is C22H24N2O3. The quantitative estimate of drug-likeness (QED) is 0.587. The van der Waals surface area contributed by atoms with Gasteiger partial charge in [-0.2, -0.15) is 10.5 Å². The Morgan fingerprint density at radius 1 is 1.22 bits per heavy atom. The molecule has 0 amide bonds. The van der Waals surface area contributed by atoms with Crippen molar-refractivity contribution in [1.29, 1.82) is 10.5 Å². The van der Waals surface area contributed by atoms with Crippen molar-refractivity contribution in [1.82, 2.24) is 0 Å². The van der Waals surface area contributed by atoms with Crippen LogP contribution in [0, 0.1) is 28.1 Å². The molecule has 140 valence electrons. The van der Waals surface area contributed by atoms with Crippen molar-refractivity contribution < 1.29 is 14.6 Å². The van der Waals surface area contributed by atoms with Gasteiger partial charge in [0.15, 0.2) is 5.41 Å². The van der Waals surface area contributed by atoms with Crippen LogP contribution in [0.4, 0.5) is 0 Å². The topological polar surface area (TPSA) is 94.1 Å². The number of aliphatic hydroxyl groups is 1. The summed E-state index contributed by atoms with van der Waals surface area (Å²) in [7, 11) is 0. The highest BCUT2D eigenvalue weighted by atomic mass is 16.5. The fraction of sp³-hybridized carbons (Fsp3) is 0.409. The van der Waals surface area contributed by atoms with Gasteiger partial charge in [-0.05, 0) is 35.6 Å². The molecule has 0 atom stereocenters. The summed E-state index contributed by atoms with van der Waals surface area (Å²) in [5.41, 5.74) is 1.02. The molecule has 0 saturated carbocycles. The molecular weight excluding hydrogens is 340 g/mol. The number of esters is 1. The Balaban J connectivity index is 2.42. The summed E-state index contributed by atoms with van der Waals surface area (Å²) >= 11 is 0. The Kier molecular flexibility index (Phi) is 6.79. The standard InChI is InChI=1S/C22H24N2O3/c1-3-5-10-27-21(26)19-13-22(14-23,15-24)12-18(20(19)25)11-17-8-6-16(4-2)7-9-17/h6-9,11,25H,3-5,10,12-13H2,1-2H3/b18-11+. The third-order valence-corrected chi connectivity index (χ3v) is 4.70. The molecule has 27 heavy (non-hydrogen) atoms. The van der Waals surface area contributed by atoms with E-state index in [2.05, 4.69) is 6.92 Å². The van der Waals surface area contributed by atoms with E-state index in [1.807, 2.05) is 43.3 Å². The third kappa shape index (κ3) is 4.77. The Labute approximate surface area is 160 Å². The number of carbonyl (C=O) groups is 1. The number of hydrogen-bond donors (Lipinski definition) is 1. The molecule has 0 radical (unpaired) electrons. The molecule has 1 aliphatic carbocycles. The molecule has 0 saturated heterocycles. The monoisotopic (exact) mass is 364 g/mol. The normalized spacial score (nSPS) is 17.3. The molecule has 2 rings (SSSR count). The van der Waals surface area contributed by atoms with Crippen LogP contribution in [-0.2, 0) is 16.0 Å². The summed E-state index contributed by atoms with van der Waals surface area (Å²) in [4.78, 5) is 12.4. The lowest BCUT2D eigenvalue weighted by Gasteiger charge is -2.27. The summed E-state index contributed by atoms with van der Waals surface area (Å²) in [6.45, 7) is 4.29. The molecule has 5 nitrogen and oxygen atoms in total.